The fraction of sp³-hybridized carbons (Fsp3) is 0.0455. The molecule has 1 heterocycles. The number of benzene rings is 3. The Morgan fingerprint density at radius 1 is 1.03 bits per heavy atom. The predicted molar refractivity (Wildman–Crippen MR) is 116 cm³/mol. The van der Waals surface area contributed by atoms with Gasteiger partial charge in [0.25, 0.3) is 11.8 Å². The van der Waals surface area contributed by atoms with Gasteiger partial charge < -0.3 is 20.8 Å². The Kier molecular flexibility index (Phi) is 5.32. The van der Waals surface area contributed by atoms with Gasteiger partial charge in [-0.2, -0.15) is 0 Å². The molecule has 30 heavy (non-hydrogen) atoms. The van der Waals surface area contributed by atoms with Gasteiger partial charge in [0.2, 0.25) is 0 Å². The Balaban J connectivity index is 1.47. The quantitative estimate of drug-likeness (QED) is 0.444. The van der Waals surface area contributed by atoms with Crippen LogP contribution in [0.3, 0.4) is 0 Å². The minimum Gasteiger partial charge on any atom is -0.488 e. The maximum Gasteiger partial charge on any atom is 0.305 e. The van der Waals surface area contributed by atoms with Crippen LogP contribution in [0.1, 0.15) is 26.3 Å². The first-order valence-corrected chi connectivity index (χ1v) is 9.86. The Labute approximate surface area is 175 Å². The molecular formula is C22H17N3O4S. The number of anilines is 1. The number of para-hydroxylation sites is 1. The number of nitrogens with one attached hydrogen (secondary N) is 2. The third kappa shape index (κ3) is 4.23. The third-order valence-electron chi connectivity index (χ3n) is 4.41. The molecular weight excluding hydrogens is 402 g/mol. The summed E-state index contributed by atoms with van der Waals surface area (Å²) in [5.74, 6) is -0.466. The smallest absolute Gasteiger partial charge is 0.305 e. The first-order chi connectivity index (χ1) is 14.5. The van der Waals surface area contributed by atoms with Crippen LogP contribution < -0.4 is 20.7 Å². The van der Waals surface area contributed by atoms with Gasteiger partial charge in [-0.1, -0.05) is 35.6 Å². The fourth-order valence-corrected chi connectivity index (χ4v) is 3.71. The molecule has 0 saturated carbocycles. The molecule has 4 rings (SSSR count). The number of hydrogen-bond donors (Lipinski definition) is 3. The fourth-order valence-electron chi connectivity index (χ4n) is 2.99. The van der Waals surface area contributed by atoms with Gasteiger partial charge in [-0.05, 0) is 48.0 Å². The van der Waals surface area contributed by atoms with Gasteiger partial charge in [0, 0.05) is 11.3 Å². The summed E-state index contributed by atoms with van der Waals surface area (Å²) in [7, 11) is 0. The molecule has 0 spiro atoms. The topological polar surface area (TPSA) is 114 Å². The highest BCUT2D eigenvalue weighted by Gasteiger charge is 2.11. The summed E-state index contributed by atoms with van der Waals surface area (Å²) in [6, 6.07) is 19.0. The van der Waals surface area contributed by atoms with E-state index < -0.39 is 5.91 Å². The molecule has 0 aliphatic rings. The van der Waals surface area contributed by atoms with Crippen LogP contribution in [0.2, 0.25) is 0 Å². The molecule has 0 aliphatic heterocycles. The second-order valence-electron chi connectivity index (χ2n) is 6.53. The molecule has 0 aliphatic carbocycles. The lowest BCUT2D eigenvalue weighted by atomic mass is 10.1. The van der Waals surface area contributed by atoms with Gasteiger partial charge >= 0.3 is 4.87 Å². The molecule has 0 saturated heterocycles. The van der Waals surface area contributed by atoms with E-state index in [0.29, 0.717) is 28.1 Å². The van der Waals surface area contributed by atoms with Gasteiger partial charge in [-0.15, -0.1) is 0 Å². The Morgan fingerprint density at radius 2 is 1.87 bits per heavy atom. The maximum absolute atomic E-state index is 12.6. The number of H-pyrrole nitrogens is 1. The summed E-state index contributed by atoms with van der Waals surface area (Å²) >= 11 is 1.12. The normalized spacial score (nSPS) is 10.7. The standard InChI is InChI=1S/C22H17N3O4S/c23-20(26)16-6-1-2-7-18(16)29-12-13-4-3-5-14(10-13)21(27)24-15-8-9-19-17(11-15)25-22(28)30-19/h1-11H,12H2,(H2,23,26)(H,24,27)(H,25,28). The number of aromatic nitrogens is 1. The molecule has 0 bridgehead atoms. The number of carbonyl (C=O) groups is 2. The van der Waals surface area contributed by atoms with Gasteiger partial charge in [0.05, 0.1) is 15.8 Å². The van der Waals surface area contributed by atoms with Crippen LogP contribution in [0.25, 0.3) is 10.2 Å². The number of amides is 2. The average molecular weight is 419 g/mol. The lowest BCUT2D eigenvalue weighted by molar-refractivity contribution is 0.0994. The van der Waals surface area contributed by atoms with Gasteiger partial charge in [-0.25, -0.2) is 0 Å². The molecule has 1 aromatic heterocycles. The van der Waals surface area contributed by atoms with Crippen LogP contribution in [0.4, 0.5) is 5.69 Å². The number of primary amides is 1. The van der Waals surface area contributed by atoms with Crippen LogP contribution >= 0.6 is 11.3 Å². The van der Waals surface area contributed by atoms with Crippen molar-refractivity contribution in [2.75, 3.05) is 5.32 Å². The number of thiazole rings is 1. The third-order valence-corrected chi connectivity index (χ3v) is 5.28. The van der Waals surface area contributed by atoms with Crippen molar-refractivity contribution in [3.63, 3.8) is 0 Å². The van der Waals surface area contributed by atoms with Crippen molar-refractivity contribution in [2.24, 2.45) is 5.73 Å². The van der Waals surface area contributed by atoms with Crippen LogP contribution in [-0.2, 0) is 6.61 Å². The van der Waals surface area contributed by atoms with Crippen molar-refractivity contribution in [1.82, 2.24) is 4.98 Å². The zero-order valence-electron chi connectivity index (χ0n) is 15.7. The molecule has 7 nitrogen and oxygen atoms in total. The summed E-state index contributed by atoms with van der Waals surface area (Å²) in [6.07, 6.45) is 0. The Bertz CT molecular complexity index is 1310. The van der Waals surface area contributed by atoms with Crippen LogP contribution in [0, 0.1) is 0 Å². The van der Waals surface area contributed by atoms with Crippen molar-refractivity contribution in [3.8, 4) is 5.75 Å². The number of aromatic amines is 1. The van der Waals surface area contributed by atoms with Crippen LogP contribution in [0.15, 0.2) is 71.5 Å². The van der Waals surface area contributed by atoms with E-state index in [2.05, 4.69) is 10.3 Å². The summed E-state index contributed by atoms with van der Waals surface area (Å²) in [5, 5.41) is 2.83. The van der Waals surface area contributed by atoms with E-state index in [4.69, 9.17) is 10.5 Å². The summed E-state index contributed by atoms with van der Waals surface area (Å²) in [5.41, 5.74) is 8.15. The molecule has 0 atom stereocenters. The SMILES string of the molecule is NC(=O)c1ccccc1OCc1cccc(C(=O)Nc2ccc3sc(=O)[nH]c3c2)c1. The van der Waals surface area contributed by atoms with Crippen LogP contribution in [-0.4, -0.2) is 16.8 Å². The van der Waals surface area contributed by atoms with Gasteiger partial charge in [0.15, 0.2) is 0 Å². The van der Waals surface area contributed by atoms with Crippen molar-refractivity contribution in [3.05, 3.63) is 93.1 Å². The van der Waals surface area contributed by atoms with Crippen molar-refractivity contribution in [2.45, 2.75) is 6.61 Å². The van der Waals surface area contributed by atoms with Gasteiger partial charge in [0.1, 0.15) is 12.4 Å². The second kappa shape index (κ2) is 8.22. The summed E-state index contributed by atoms with van der Waals surface area (Å²) in [6.45, 7) is 0.174. The number of carbonyl (C=O) groups excluding carboxylic acids is 2. The lowest BCUT2D eigenvalue weighted by Gasteiger charge is -2.11. The highest BCUT2D eigenvalue weighted by Crippen LogP contribution is 2.21. The molecule has 0 radical (unpaired) electrons. The number of ether oxygens (including phenoxy) is 1. The number of rotatable bonds is 6. The minimum atomic E-state index is -0.567. The molecule has 0 unspecified atom stereocenters. The monoisotopic (exact) mass is 419 g/mol. The Morgan fingerprint density at radius 3 is 2.70 bits per heavy atom. The predicted octanol–water partition coefficient (Wildman–Crippen LogP) is 3.52. The van der Waals surface area contributed by atoms with E-state index in [-0.39, 0.29) is 17.4 Å². The first-order valence-electron chi connectivity index (χ1n) is 9.04. The van der Waals surface area contributed by atoms with Crippen LogP contribution in [0.5, 0.6) is 5.75 Å². The van der Waals surface area contributed by atoms with E-state index in [9.17, 15) is 14.4 Å². The van der Waals surface area contributed by atoms with Gasteiger partial charge in [-0.3, -0.25) is 14.4 Å². The zero-order chi connectivity index (χ0) is 21.1. The molecule has 2 amide bonds. The molecule has 150 valence electrons. The number of fused-ring (bicyclic) bond motifs is 1. The van der Waals surface area contributed by atoms with Crippen molar-refractivity contribution in [1.29, 1.82) is 0 Å². The first kappa shape index (κ1) is 19.4. The highest BCUT2D eigenvalue weighted by molar-refractivity contribution is 7.16. The van der Waals surface area contributed by atoms with Crippen molar-refractivity contribution < 1.29 is 14.3 Å². The van der Waals surface area contributed by atoms with E-state index in [1.54, 1.807) is 60.7 Å². The minimum absolute atomic E-state index is 0.140. The van der Waals surface area contributed by atoms with E-state index in [0.717, 1.165) is 21.6 Å². The largest absolute Gasteiger partial charge is 0.488 e. The summed E-state index contributed by atoms with van der Waals surface area (Å²) < 4.78 is 6.55. The van der Waals surface area contributed by atoms with E-state index in [1.807, 2.05) is 6.07 Å². The number of hydrogen-bond acceptors (Lipinski definition) is 5. The second-order valence-corrected chi connectivity index (χ2v) is 7.54. The average Bonchev–Trinajstić information content (AvgIpc) is 3.12. The zero-order valence-corrected chi connectivity index (χ0v) is 16.5. The molecule has 0 fully saturated rings. The molecule has 4 aromatic rings. The van der Waals surface area contributed by atoms with Crippen molar-refractivity contribution >= 4 is 39.1 Å². The van der Waals surface area contributed by atoms with E-state index in [1.165, 1.54) is 0 Å². The lowest BCUT2D eigenvalue weighted by Crippen LogP contribution is -2.13. The van der Waals surface area contributed by atoms with E-state index >= 15 is 0 Å². The number of nitrogens with two attached hydrogens (primary N) is 1. The molecule has 8 heteroatoms. The highest BCUT2D eigenvalue weighted by atomic mass is 32.1. The summed E-state index contributed by atoms with van der Waals surface area (Å²) in [4.78, 5) is 38.2. The molecule has 4 N–H and O–H groups in total. The molecule has 3 aromatic carbocycles. The Hall–Kier alpha value is -3.91. The maximum atomic E-state index is 12.6.